The van der Waals surface area contributed by atoms with Crippen LogP contribution >= 0.6 is 0 Å². The van der Waals surface area contributed by atoms with Crippen LogP contribution in [-0.4, -0.2) is 29.2 Å². The standard InChI is InChI=1S/C14H17FN2O/c1-10-4-5-17(9-14(10)18)8-12-3-2-11(7-16)6-13(12)15/h2-3,6,10,14,18H,4-5,8-9H2,1H3. The Balaban J connectivity index is 2.04. The summed E-state index contributed by atoms with van der Waals surface area (Å²) in [5.74, 6) is -0.0331. The fraction of sp³-hybridized carbons (Fsp3) is 0.500. The van der Waals surface area contributed by atoms with Gasteiger partial charge in [-0.1, -0.05) is 13.0 Å². The van der Waals surface area contributed by atoms with E-state index in [1.165, 1.54) is 6.07 Å². The van der Waals surface area contributed by atoms with Crippen LogP contribution < -0.4 is 0 Å². The molecule has 0 aromatic heterocycles. The molecule has 3 nitrogen and oxygen atoms in total. The van der Waals surface area contributed by atoms with Crippen LogP contribution in [0.4, 0.5) is 4.39 Å². The highest BCUT2D eigenvalue weighted by molar-refractivity contribution is 5.32. The first-order valence-corrected chi connectivity index (χ1v) is 6.19. The highest BCUT2D eigenvalue weighted by atomic mass is 19.1. The molecule has 0 saturated carbocycles. The van der Waals surface area contributed by atoms with E-state index in [0.29, 0.717) is 30.1 Å². The van der Waals surface area contributed by atoms with E-state index >= 15 is 0 Å². The molecule has 1 N–H and O–H groups in total. The molecule has 1 aromatic carbocycles. The number of nitriles is 1. The summed E-state index contributed by atoms with van der Waals surface area (Å²) in [6, 6.07) is 6.46. The topological polar surface area (TPSA) is 47.3 Å². The number of benzene rings is 1. The lowest BCUT2D eigenvalue weighted by Crippen LogP contribution is -2.42. The number of likely N-dealkylation sites (tertiary alicyclic amines) is 1. The molecule has 96 valence electrons. The maximum Gasteiger partial charge on any atom is 0.129 e. The van der Waals surface area contributed by atoms with Gasteiger partial charge in [-0.15, -0.1) is 0 Å². The van der Waals surface area contributed by atoms with Gasteiger partial charge < -0.3 is 5.11 Å². The molecule has 0 spiro atoms. The molecule has 2 rings (SSSR count). The fourth-order valence-electron chi connectivity index (χ4n) is 2.24. The summed E-state index contributed by atoms with van der Waals surface area (Å²) in [4.78, 5) is 2.05. The molecule has 2 atom stereocenters. The number of hydrogen-bond acceptors (Lipinski definition) is 3. The van der Waals surface area contributed by atoms with E-state index in [0.717, 1.165) is 13.0 Å². The quantitative estimate of drug-likeness (QED) is 0.869. The Morgan fingerprint density at radius 2 is 2.33 bits per heavy atom. The number of piperidine rings is 1. The Hall–Kier alpha value is -1.44. The van der Waals surface area contributed by atoms with Crippen molar-refractivity contribution in [2.45, 2.75) is 26.0 Å². The van der Waals surface area contributed by atoms with Crippen LogP contribution in [0.5, 0.6) is 0 Å². The van der Waals surface area contributed by atoms with Crippen molar-refractivity contribution in [3.8, 4) is 6.07 Å². The number of aliphatic hydroxyl groups excluding tert-OH is 1. The predicted molar refractivity (Wildman–Crippen MR) is 66.2 cm³/mol. The minimum atomic E-state index is -0.345. The van der Waals surface area contributed by atoms with Crippen molar-refractivity contribution in [3.63, 3.8) is 0 Å². The second kappa shape index (κ2) is 5.47. The number of hydrogen-bond donors (Lipinski definition) is 1. The molecule has 1 fully saturated rings. The van der Waals surface area contributed by atoms with Gasteiger partial charge in [0.15, 0.2) is 0 Å². The third kappa shape index (κ3) is 2.87. The molecule has 2 unspecified atom stereocenters. The van der Waals surface area contributed by atoms with Gasteiger partial charge in [0.1, 0.15) is 5.82 Å². The molecule has 0 aliphatic carbocycles. The van der Waals surface area contributed by atoms with Crippen molar-refractivity contribution in [2.24, 2.45) is 5.92 Å². The van der Waals surface area contributed by atoms with Crippen LogP contribution in [0.15, 0.2) is 18.2 Å². The zero-order valence-electron chi connectivity index (χ0n) is 10.4. The van der Waals surface area contributed by atoms with Gasteiger partial charge in [-0.2, -0.15) is 5.26 Å². The first-order valence-electron chi connectivity index (χ1n) is 6.19. The van der Waals surface area contributed by atoms with Gasteiger partial charge in [-0.05, 0) is 31.0 Å². The van der Waals surface area contributed by atoms with Crippen molar-refractivity contribution in [1.82, 2.24) is 4.90 Å². The summed E-state index contributed by atoms with van der Waals surface area (Å²) < 4.78 is 13.7. The molecule has 1 aliphatic heterocycles. The average molecular weight is 248 g/mol. The van der Waals surface area contributed by atoms with Crippen LogP contribution in [0.1, 0.15) is 24.5 Å². The second-order valence-electron chi connectivity index (χ2n) is 4.99. The van der Waals surface area contributed by atoms with E-state index in [-0.39, 0.29) is 11.9 Å². The third-order valence-electron chi connectivity index (χ3n) is 3.58. The number of aliphatic hydroxyl groups is 1. The second-order valence-corrected chi connectivity index (χ2v) is 4.99. The van der Waals surface area contributed by atoms with Gasteiger partial charge in [0, 0.05) is 18.7 Å². The number of β-amino-alcohol motifs (C(OH)–C–C–N with tert-alkyl or cyclic N) is 1. The van der Waals surface area contributed by atoms with E-state index in [1.807, 2.05) is 13.0 Å². The molecule has 1 heterocycles. The summed E-state index contributed by atoms with van der Waals surface area (Å²) in [5.41, 5.74) is 0.916. The first-order chi connectivity index (χ1) is 8.60. The molecule has 18 heavy (non-hydrogen) atoms. The molecule has 0 bridgehead atoms. The summed E-state index contributed by atoms with van der Waals surface area (Å²) in [5, 5.41) is 18.5. The van der Waals surface area contributed by atoms with Gasteiger partial charge in [0.2, 0.25) is 0 Å². The molecule has 4 heteroatoms. The lowest BCUT2D eigenvalue weighted by atomic mass is 9.95. The van der Waals surface area contributed by atoms with Crippen molar-refractivity contribution >= 4 is 0 Å². The van der Waals surface area contributed by atoms with Gasteiger partial charge in [0.25, 0.3) is 0 Å². The number of rotatable bonds is 2. The molecule has 1 saturated heterocycles. The number of nitrogens with zero attached hydrogens (tertiary/aromatic N) is 2. The average Bonchev–Trinajstić information content (AvgIpc) is 2.36. The first kappa shape index (κ1) is 13.0. The Kier molecular flexibility index (Phi) is 3.95. The largest absolute Gasteiger partial charge is 0.392 e. The zero-order chi connectivity index (χ0) is 13.1. The van der Waals surface area contributed by atoms with Crippen molar-refractivity contribution in [3.05, 3.63) is 35.1 Å². The maximum absolute atomic E-state index is 13.7. The normalized spacial score (nSPS) is 24.8. The maximum atomic E-state index is 13.7. The van der Waals surface area contributed by atoms with Gasteiger partial charge >= 0.3 is 0 Å². The van der Waals surface area contributed by atoms with E-state index in [1.54, 1.807) is 12.1 Å². The van der Waals surface area contributed by atoms with E-state index < -0.39 is 0 Å². The smallest absolute Gasteiger partial charge is 0.129 e. The van der Waals surface area contributed by atoms with Crippen molar-refractivity contribution < 1.29 is 9.50 Å². The fourth-order valence-corrected chi connectivity index (χ4v) is 2.24. The predicted octanol–water partition coefficient (Wildman–Crippen LogP) is 1.90. The monoisotopic (exact) mass is 248 g/mol. The summed E-state index contributed by atoms with van der Waals surface area (Å²) >= 11 is 0. The molecule has 1 aliphatic rings. The lowest BCUT2D eigenvalue weighted by Gasteiger charge is -2.34. The van der Waals surface area contributed by atoms with Crippen LogP contribution in [0, 0.1) is 23.1 Å². The SMILES string of the molecule is CC1CCN(Cc2ccc(C#N)cc2F)CC1O. The van der Waals surface area contributed by atoms with Gasteiger partial charge in [-0.25, -0.2) is 4.39 Å². The van der Waals surface area contributed by atoms with E-state index in [4.69, 9.17) is 5.26 Å². The molecular formula is C14H17FN2O. The summed E-state index contributed by atoms with van der Waals surface area (Å²) in [6.07, 6.45) is 0.596. The van der Waals surface area contributed by atoms with Gasteiger partial charge in [-0.3, -0.25) is 4.90 Å². The van der Waals surface area contributed by atoms with Crippen LogP contribution in [0.2, 0.25) is 0 Å². The van der Waals surface area contributed by atoms with E-state index in [2.05, 4.69) is 4.90 Å². The third-order valence-corrected chi connectivity index (χ3v) is 3.58. The van der Waals surface area contributed by atoms with Crippen LogP contribution in [0.3, 0.4) is 0 Å². The van der Waals surface area contributed by atoms with Gasteiger partial charge in [0.05, 0.1) is 17.7 Å². The van der Waals surface area contributed by atoms with Crippen LogP contribution in [0.25, 0.3) is 0 Å². The summed E-state index contributed by atoms with van der Waals surface area (Å²) in [6.45, 7) is 3.98. The van der Waals surface area contributed by atoms with E-state index in [9.17, 15) is 9.50 Å². The molecule has 0 radical (unpaired) electrons. The Bertz CT molecular complexity index is 469. The minimum absolute atomic E-state index is 0.312. The molecular weight excluding hydrogens is 231 g/mol. The zero-order valence-corrected chi connectivity index (χ0v) is 10.4. The highest BCUT2D eigenvalue weighted by Gasteiger charge is 2.24. The Morgan fingerprint density at radius 1 is 1.56 bits per heavy atom. The Labute approximate surface area is 106 Å². The Morgan fingerprint density at radius 3 is 2.94 bits per heavy atom. The van der Waals surface area contributed by atoms with Crippen molar-refractivity contribution in [1.29, 1.82) is 5.26 Å². The molecule has 0 amide bonds. The number of halogens is 1. The molecule has 1 aromatic rings. The highest BCUT2D eigenvalue weighted by Crippen LogP contribution is 2.20. The van der Waals surface area contributed by atoms with Crippen LogP contribution in [-0.2, 0) is 6.54 Å². The summed E-state index contributed by atoms with van der Waals surface area (Å²) in [7, 11) is 0. The van der Waals surface area contributed by atoms with Crippen molar-refractivity contribution in [2.75, 3.05) is 13.1 Å². The lowest BCUT2D eigenvalue weighted by molar-refractivity contribution is 0.0255. The minimum Gasteiger partial charge on any atom is -0.392 e.